The second kappa shape index (κ2) is 20.6. The van der Waals surface area contributed by atoms with E-state index in [1.165, 1.54) is 128 Å². The van der Waals surface area contributed by atoms with Gasteiger partial charge in [0.1, 0.15) is 0 Å². The first kappa shape index (κ1) is 53.3. The third kappa shape index (κ3) is 7.90. The van der Waals surface area contributed by atoms with Gasteiger partial charge >= 0.3 is 0 Å². The highest BCUT2D eigenvalue weighted by Crippen LogP contribution is 2.54. The number of benzene rings is 14. The molecule has 0 saturated heterocycles. The Morgan fingerprint density at radius 3 is 1.03 bits per heavy atom. The molecule has 20 aromatic rings. The molecule has 96 heavy (non-hydrogen) atoms. The lowest BCUT2D eigenvalue weighted by Gasteiger charge is -2.15. The molecule has 0 unspecified atom stereocenters. The molecule has 0 spiro atoms. The van der Waals surface area contributed by atoms with Crippen LogP contribution in [-0.2, 0) is 0 Å². The summed E-state index contributed by atoms with van der Waals surface area (Å²) in [5.41, 5.74) is 20.3. The maximum absolute atomic E-state index is 5.29. The molecule has 0 aliphatic heterocycles. The lowest BCUT2D eigenvalue weighted by atomic mass is 9.92. The van der Waals surface area contributed by atoms with E-state index in [4.69, 9.17) is 24.9 Å². The molecular weight excluding hydrogens is 1210 g/mol. The summed E-state index contributed by atoms with van der Waals surface area (Å²) in [6, 6.07) is 106. The molecule has 9 heteroatoms. The van der Waals surface area contributed by atoms with Crippen LogP contribution in [0.4, 0.5) is 0 Å². The minimum Gasteiger partial charge on any atom is -0.278 e. The number of hydrogen-bond donors (Lipinski definition) is 0. The normalized spacial score (nSPS) is 12.2. The van der Waals surface area contributed by atoms with Crippen molar-refractivity contribution < 1.29 is 0 Å². The molecule has 0 fully saturated rings. The van der Waals surface area contributed by atoms with Gasteiger partial charge in [-0.15, -0.1) is 22.7 Å². The smallest absolute Gasteiger partial charge is 0.238 e. The zero-order valence-corrected chi connectivity index (χ0v) is 52.9. The Bertz CT molecular complexity index is 6170. The molecule has 7 nitrogen and oxygen atoms in total. The van der Waals surface area contributed by atoms with Gasteiger partial charge in [-0.2, -0.15) is 9.97 Å². The highest BCUT2D eigenvalue weighted by atomic mass is 32.1. The highest BCUT2D eigenvalue weighted by molar-refractivity contribution is 7.26. The summed E-state index contributed by atoms with van der Waals surface area (Å²) >= 11 is 3.74. The second-order valence-electron chi connectivity index (χ2n) is 25.0. The summed E-state index contributed by atoms with van der Waals surface area (Å²) in [5, 5.41) is 15.3. The zero-order valence-electron chi connectivity index (χ0n) is 51.2. The number of rotatable bonds is 6. The Morgan fingerprint density at radius 1 is 0.219 bits per heavy atom. The van der Waals surface area contributed by atoms with Gasteiger partial charge in [0.05, 0.1) is 33.5 Å². The quantitative estimate of drug-likeness (QED) is 0.166. The van der Waals surface area contributed by atoms with Crippen LogP contribution in [0, 0.1) is 0 Å². The van der Waals surface area contributed by atoms with Crippen molar-refractivity contribution in [3.8, 4) is 102 Å². The predicted octanol–water partition coefficient (Wildman–Crippen LogP) is 23.5. The van der Waals surface area contributed by atoms with Gasteiger partial charge in [-0.1, -0.05) is 231 Å². The van der Waals surface area contributed by atoms with Crippen molar-refractivity contribution >= 4 is 128 Å². The maximum atomic E-state index is 5.29. The van der Waals surface area contributed by atoms with Crippen LogP contribution in [0.25, 0.3) is 207 Å². The molecule has 14 aromatic carbocycles. The molecule has 0 N–H and O–H groups in total. The van der Waals surface area contributed by atoms with E-state index in [-0.39, 0.29) is 0 Å². The number of nitrogens with zero attached hydrogens (tertiary/aromatic N) is 7. The van der Waals surface area contributed by atoms with E-state index in [0.717, 1.165) is 55.7 Å². The molecule has 6 aromatic heterocycles. The lowest BCUT2D eigenvalue weighted by Crippen LogP contribution is -2.06. The average molecular weight is 1260 g/mol. The molecule has 0 atom stereocenters. The Balaban J connectivity index is 0.000000127. The van der Waals surface area contributed by atoms with Crippen LogP contribution in [0.15, 0.2) is 297 Å². The van der Waals surface area contributed by atoms with Gasteiger partial charge < -0.3 is 0 Å². The molecule has 0 saturated carbocycles. The Morgan fingerprint density at radius 2 is 0.583 bits per heavy atom. The first-order valence-electron chi connectivity index (χ1n) is 32.4. The van der Waals surface area contributed by atoms with Crippen molar-refractivity contribution in [1.82, 2.24) is 34.1 Å². The molecular formula is C87H49N7S2. The average Bonchev–Trinajstić information content (AvgIpc) is 1.54. The molecule has 0 bridgehead atoms. The Hall–Kier alpha value is -12.3. The van der Waals surface area contributed by atoms with Crippen LogP contribution in [0.2, 0.25) is 0 Å². The molecule has 2 aliphatic carbocycles. The fourth-order valence-electron chi connectivity index (χ4n) is 15.6. The third-order valence-corrected chi connectivity index (χ3v) is 22.0. The van der Waals surface area contributed by atoms with Gasteiger partial charge in [-0.3, -0.25) is 9.13 Å². The molecule has 22 rings (SSSR count). The first-order valence-corrected chi connectivity index (χ1v) is 34.0. The number of thiophene rings is 2. The fourth-order valence-corrected chi connectivity index (χ4v) is 17.8. The molecule has 444 valence electrons. The lowest BCUT2D eigenvalue weighted by molar-refractivity contribution is 0.953. The SMILES string of the molecule is c1ccc(-c2cc(-c3ccccc3)nc(-n3c4cccc5c4c4c6c(cccc6ccc43)-c3cc4c(cc3-5)sc3ccccc34)n2)cc1.c1ccc(-c2nc(-c3ccccc3)nc(-n3c4cccc5c4c4c6c(cccc6ccc43)-c3cc4c(cc3-5)sc3ccccc34)n2)cc1. The minimum atomic E-state index is 0.609. The fraction of sp³-hybridized carbons (Fsp3) is 0. The van der Waals surface area contributed by atoms with E-state index in [1.807, 2.05) is 71.2 Å². The van der Waals surface area contributed by atoms with Gasteiger partial charge in [0.25, 0.3) is 0 Å². The standard InChI is InChI=1S/C44H25N3S.C43H24N4S/c1-3-11-26(12-4-1)35-25-36(27-13-5-2-6-14-27)46-44(45-35)47-37-19-10-18-31-33-24-40-34(29-16-7-8-20-39(29)48-40)23-32(33)30-17-9-15-28-21-22-38(47)43(41(28)30)42(31)37;1-3-11-26(12-4-1)41-44-42(27-13-5-2-6-14-27)46-43(45-41)47-34-19-10-18-30-32-24-37-33(28-16-7-8-20-36(28)48-37)23-31(32)29-17-9-15-25-21-22-35(47)40(38(25)29)39(30)34/h1-25H;1-24H. The van der Waals surface area contributed by atoms with E-state index in [2.05, 4.69) is 258 Å². The summed E-state index contributed by atoms with van der Waals surface area (Å²) < 4.78 is 9.78. The van der Waals surface area contributed by atoms with E-state index in [0.29, 0.717) is 23.5 Å². The molecule has 2 aliphatic rings. The summed E-state index contributed by atoms with van der Waals surface area (Å²) in [6.07, 6.45) is 0. The van der Waals surface area contributed by atoms with E-state index >= 15 is 0 Å². The van der Waals surface area contributed by atoms with Crippen LogP contribution < -0.4 is 0 Å². The first-order chi connectivity index (χ1) is 47.6. The molecule has 6 heterocycles. The topological polar surface area (TPSA) is 74.3 Å². The van der Waals surface area contributed by atoms with Crippen molar-refractivity contribution in [2.75, 3.05) is 0 Å². The second-order valence-corrected chi connectivity index (χ2v) is 27.1. The van der Waals surface area contributed by atoms with Gasteiger partial charge in [0.2, 0.25) is 11.9 Å². The van der Waals surface area contributed by atoms with Crippen LogP contribution in [-0.4, -0.2) is 34.1 Å². The van der Waals surface area contributed by atoms with Gasteiger partial charge in [0, 0.05) is 84.1 Å². The monoisotopic (exact) mass is 1260 g/mol. The van der Waals surface area contributed by atoms with Gasteiger partial charge in [0.15, 0.2) is 11.6 Å². The van der Waals surface area contributed by atoms with Crippen molar-refractivity contribution in [2.45, 2.75) is 0 Å². The Labute approximate surface area is 557 Å². The van der Waals surface area contributed by atoms with E-state index in [9.17, 15) is 0 Å². The van der Waals surface area contributed by atoms with Gasteiger partial charge in [-0.05, 0) is 133 Å². The van der Waals surface area contributed by atoms with Crippen molar-refractivity contribution in [3.63, 3.8) is 0 Å². The Kier molecular flexibility index (Phi) is 11.4. The highest BCUT2D eigenvalue weighted by Gasteiger charge is 2.30. The predicted molar refractivity (Wildman–Crippen MR) is 402 cm³/mol. The van der Waals surface area contributed by atoms with E-state index < -0.39 is 0 Å². The number of aromatic nitrogens is 7. The van der Waals surface area contributed by atoms with Gasteiger partial charge in [-0.25, -0.2) is 15.0 Å². The summed E-state index contributed by atoms with van der Waals surface area (Å²) in [7, 11) is 0. The largest absolute Gasteiger partial charge is 0.278 e. The summed E-state index contributed by atoms with van der Waals surface area (Å²) in [4.78, 5) is 25.9. The molecule has 0 amide bonds. The maximum Gasteiger partial charge on any atom is 0.238 e. The van der Waals surface area contributed by atoms with Crippen LogP contribution in [0.3, 0.4) is 0 Å². The zero-order chi connectivity index (χ0) is 62.7. The van der Waals surface area contributed by atoms with Crippen molar-refractivity contribution in [3.05, 3.63) is 297 Å². The van der Waals surface area contributed by atoms with Crippen LogP contribution in [0.5, 0.6) is 0 Å². The summed E-state index contributed by atoms with van der Waals surface area (Å²) in [5.74, 6) is 2.58. The van der Waals surface area contributed by atoms with Crippen LogP contribution in [0.1, 0.15) is 0 Å². The number of fused-ring (bicyclic) bond motifs is 12. The van der Waals surface area contributed by atoms with Crippen LogP contribution >= 0.6 is 22.7 Å². The number of hydrogen-bond acceptors (Lipinski definition) is 7. The molecule has 0 radical (unpaired) electrons. The summed E-state index contributed by atoms with van der Waals surface area (Å²) in [6.45, 7) is 0. The third-order valence-electron chi connectivity index (χ3n) is 19.7. The van der Waals surface area contributed by atoms with E-state index in [1.54, 1.807) is 0 Å². The van der Waals surface area contributed by atoms with Crippen molar-refractivity contribution in [1.29, 1.82) is 0 Å². The van der Waals surface area contributed by atoms with Crippen molar-refractivity contribution in [2.24, 2.45) is 0 Å². The minimum absolute atomic E-state index is 0.609.